The van der Waals surface area contributed by atoms with Gasteiger partial charge in [0.15, 0.2) is 0 Å². The molecule has 1 fully saturated rings. The molecular formula is C11H15BrN2. The first-order valence-corrected chi connectivity index (χ1v) is 5.79. The lowest BCUT2D eigenvalue weighted by atomic mass is 10.1. The summed E-state index contributed by atoms with van der Waals surface area (Å²) in [5, 5.41) is 0. The van der Waals surface area contributed by atoms with Crippen molar-refractivity contribution < 1.29 is 0 Å². The molecule has 1 aromatic carbocycles. The largest absolute Gasteiger partial charge is 0.371 e. The van der Waals surface area contributed by atoms with E-state index >= 15 is 0 Å². The highest BCUT2D eigenvalue weighted by atomic mass is 79.9. The summed E-state index contributed by atoms with van der Waals surface area (Å²) >= 11 is 3.49. The van der Waals surface area contributed by atoms with Crippen LogP contribution >= 0.6 is 15.9 Å². The normalized spacial score (nSPS) is 21.6. The van der Waals surface area contributed by atoms with E-state index in [-0.39, 0.29) is 0 Å². The summed E-state index contributed by atoms with van der Waals surface area (Å²) in [5.74, 6) is 0.675. The molecule has 1 aliphatic heterocycles. The maximum Gasteiger partial charge on any atom is 0.0377 e. The average Bonchev–Trinajstić information content (AvgIpc) is 2.66. The van der Waals surface area contributed by atoms with Gasteiger partial charge in [-0.1, -0.05) is 22.0 Å². The molecule has 14 heavy (non-hydrogen) atoms. The van der Waals surface area contributed by atoms with E-state index < -0.39 is 0 Å². The summed E-state index contributed by atoms with van der Waals surface area (Å²) in [7, 11) is 0. The highest BCUT2D eigenvalue weighted by Crippen LogP contribution is 2.25. The van der Waals surface area contributed by atoms with E-state index in [0.29, 0.717) is 5.92 Å². The molecule has 0 bridgehead atoms. The molecule has 2 rings (SSSR count). The molecule has 1 atom stereocenters. The molecule has 2 N–H and O–H groups in total. The van der Waals surface area contributed by atoms with Gasteiger partial charge in [-0.05, 0) is 37.1 Å². The van der Waals surface area contributed by atoms with Crippen LogP contribution in [0.25, 0.3) is 0 Å². The fourth-order valence-electron chi connectivity index (χ4n) is 1.93. The third kappa shape index (κ3) is 2.10. The predicted molar refractivity (Wildman–Crippen MR) is 63.5 cm³/mol. The summed E-state index contributed by atoms with van der Waals surface area (Å²) in [6.45, 7) is 3.05. The van der Waals surface area contributed by atoms with Crippen LogP contribution in [0, 0.1) is 5.92 Å². The number of anilines is 1. The standard InChI is InChI=1S/C11H15BrN2/c12-10-2-1-3-11(6-10)14-5-4-9(7-13)8-14/h1-3,6,9H,4-5,7-8,13H2. The Morgan fingerprint density at radius 3 is 3.00 bits per heavy atom. The molecule has 1 unspecified atom stereocenters. The van der Waals surface area contributed by atoms with Crippen molar-refractivity contribution in [2.75, 3.05) is 24.5 Å². The van der Waals surface area contributed by atoms with Gasteiger partial charge in [0, 0.05) is 23.2 Å². The van der Waals surface area contributed by atoms with E-state index in [1.54, 1.807) is 0 Å². The first-order valence-electron chi connectivity index (χ1n) is 5.00. The van der Waals surface area contributed by atoms with Crippen molar-refractivity contribution in [3.63, 3.8) is 0 Å². The summed E-state index contributed by atoms with van der Waals surface area (Å²) in [4.78, 5) is 2.41. The van der Waals surface area contributed by atoms with Crippen LogP contribution in [0.5, 0.6) is 0 Å². The minimum absolute atomic E-state index is 0.675. The van der Waals surface area contributed by atoms with E-state index in [2.05, 4.69) is 45.1 Å². The number of benzene rings is 1. The van der Waals surface area contributed by atoms with Crippen molar-refractivity contribution in [2.24, 2.45) is 11.7 Å². The smallest absolute Gasteiger partial charge is 0.0377 e. The molecule has 1 aromatic rings. The zero-order valence-corrected chi connectivity index (χ0v) is 9.70. The Kier molecular flexibility index (Phi) is 3.08. The number of hydrogen-bond donors (Lipinski definition) is 1. The molecule has 1 saturated heterocycles. The number of nitrogens with zero attached hydrogens (tertiary/aromatic N) is 1. The fourth-order valence-corrected chi connectivity index (χ4v) is 2.32. The van der Waals surface area contributed by atoms with Gasteiger partial charge in [0.25, 0.3) is 0 Å². The summed E-state index contributed by atoms with van der Waals surface area (Å²) in [6.07, 6.45) is 1.23. The Hall–Kier alpha value is -0.540. The minimum Gasteiger partial charge on any atom is -0.371 e. The van der Waals surface area contributed by atoms with Crippen LogP contribution in [-0.2, 0) is 0 Å². The van der Waals surface area contributed by atoms with Crippen LogP contribution in [0.3, 0.4) is 0 Å². The van der Waals surface area contributed by atoms with Gasteiger partial charge in [-0.15, -0.1) is 0 Å². The molecule has 0 aliphatic carbocycles. The molecular weight excluding hydrogens is 240 g/mol. The highest BCUT2D eigenvalue weighted by molar-refractivity contribution is 9.10. The average molecular weight is 255 g/mol. The van der Waals surface area contributed by atoms with Gasteiger partial charge in [-0.3, -0.25) is 0 Å². The Balaban J connectivity index is 2.09. The minimum atomic E-state index is 0.675. The molecule has 0 amide bonds. The van der Waals surface area contributed by atoms with Crippen LogP contribution in [-0.4, -0.2) is 19.6 Å². The highest BCUT2D eigenvalue weighted by Gasteiger charge is 2.21. The molecule has 0 saturated carbocycles. The first-order chi connectivity index (χ1) is 6.79. The van der Waals surface area contributed by atoms with Crippen molar-refractivity contribution >= 4 is 21.6 Å². The van der Waals surface area contributed by atoms with Gasteiger partial charge >= 0.3 is 0 Å². The lowest BCUT2D eigenvalue weighted by Gasteiger charge is -2.18. The molecule has 0 radical (unpaired) electrons. The van der Waals surface area contributed by atoms with Crippen molar-refractivity contribution in [3.8, 4) is 0 Å². The lowest BCUT2D eigenvalue weighted by molar-refractivity contribution is 0.602. The van der Waals surface area contributed by atoms with Gasteiger partial charge in [0.05, 0.1) is 0 Å². The second kappa shape index (κ2) is 4.32. The third-order valence-corrected chi connectivity index (χ3v) is 3.29. The second-order valence-corrected chi connectivity index (χ2v) is 4.73. The van der Waals surface area contributed by atoms with E-state index in [1.165, 1.54) is 12.1 Å². The summed E-state index contributed by atoms with van der Waals surface area (Å²) in [5.41, 5.74) is 6.97. The Labute approximate surface area is 93.2 Å². The zero-order valence-electron chi connectivity index (χ0n) is 8.12. The number of halogens is 1. The monoisotopic (exact) mass is 254 g/mol. The van der Waals surface area contributed by atoms with Gasteiger partial charge in [0.2, 0.25) is 0 Å². The molecule has 1 aliphatic rings. The molecule has 3 heteroatoms. The van der Waals surface area contributed by atoms with Gasteiger partial charge < -0.3 is 10.6 Å². The van der Waals surface area contributed by atoms with Crippen molar-refractivity contribution in [1.29, 1.82) is 0 Å². The van der Waals surface area contributed by atoms with Crippen molar-refractivity contribution in [3.05, 3.63) is 28.7 Å². The summed E-state index contributed by atoms with van der Waals surface area (Å²) in [6, 6.07) is 8.46. The fraction of sp³-hybridized carbons (Fsp3) is 0.455. The molecule has 0 aromatic heterocycles. The van der Waals surface area contributed by atoms with Crippen LogP contribution in [0.2, 0.25) is 0 Å². The SMILES string of the molecule is NCC1CCN(c2cccc(Br)c2)C1. The second-order valence-electron chi connectivity index (χ2n) is 3.82. The molecule has 0 spiro atoms. The third-order valence-electron chi connectivity index (χ3n) is 2.79. The quantitative estimate of drug-likeness (QED) is 0.878. The van der Waals surface area contributed by atoms with Crippen LogP contribution in [0.4, 0.5) is 5.69 Å². The number of nitrogens with two attached hydrogens (primary N) is 1. The van der Waals surface area contributed by atoms with E-state index in [4.69, 9.17) is 5.73 Å². The van der Waals surface area contributed by atoms with E-state index in [1.807, 2.05) is 0 Å². The number of rotatable bonds is 2. The zero-order chi connectivity index (χ0) is 9.97. The van der Waals surface area contributed by atoms with Crippen molar-refractivity contribution in [2.45, 2.75) is 6.42 Å². The first kappa shape index (κ1) is 9.99. The Morgan fingerprint density at radius 2 is 2.36 bits per heavy atom. The maximum absolute atomic E-state index is 5.67. The Bertz CT molecular complexity index is 314. The van der Waals surface area contributed by atoms with Crippen LogP contribution in [0.15, 0.2) is 28.7 Å². The Morgan fingerprint density at radius 1 is 1.50 bits per heavy atom. The van der Waals surface area contributed by atoms with Crippen LogP contribution in [0.1, 0.15) is 6.42 Å². The maximum atomic E-state index is 5.67. The number of hydrogen-bond acceptors (Lipinski definition) is 2. The van der Waals surface area contributed by atoms with Gasteiger partial charge in [-0.25, -0.2) is 0 Å². The topological polar surface area (TPSA) is 29.3 Å². The lowest BCUT2D eigenvalue weighted by Crippen LogP contribution is -2.22. The van der Waals surface area contributed by atoms with Crippen LogP contribution < -0.4 is 10.6 Å². The molecule has 2 nitrogen and oxygen atoms in total. The van der Waals surface area contributed by atoms with E-state index in [0.717, 1.165) is 24.1 Å². The van der Waals surface area contributed by atoms with Gasteiger partial charge in [0.1, 0.15) is 0 Å². The van der Waals surface area contributed by atoms with E-state index in [9.17, 15) is 0 Å². The molecule has 1 heterocycles. The van der Waals surface area contributed by atoms with Gasteiger partial charge in [-0.2, -0.15) is 0 Å². The van der Waals surface area contributed by atoms with Crippen molar-refractivity contribution in [1.82, 2.24) is 0 Å². The predicted octanol–water partition coefficient (Wildman–Crippen LogP) is 2.23. The molecule has 76 valence electrons. The summed E-state index contributed by atoms with van der Waals surface area (Å²) < 4.78 is 1.14.